The Hall–Kier alpha value is -2.02. The molecule has 19 heavy (non-hydrogen) atoms. The van der Waals surface area contributed by atoms with Gasteiger partial charge in [-0.3, -0.25) is 0 Å². The van der Waals surface area contributed by atoms with Gasteiger partial charge in [0.1, 0.15) is 17.1 Å². The topological polar surface area (TPSA) is 61.0 Å². The van der Waals surface area contributed by atoms with Crippen molar-refractivity contribution >= 4 is 17.4 Å². The summed E-state index contributed by atoms with van der Waals surface area (Å²) in [6.07, 6.45) is -4.02. The van der Waals surface area contributed by atoms with Crippen LogP contribution in [0.1, 0.15) is 5.56 Å². The number of nitrogen functional groups attached to an aromatic ring is 1. The molecule has 1 aromatic carbocycles. The van der Waals surface area contributed by atoms with Crippen LogP contribution in [0, 0.1) is 0 Å². The van der Waals surface area contributed by atoms with Crippen molar-refractivity contribution in [2.24, 2.45) is 0 Å². The van der Waals surface area contributed by atoms with Gasteiger partial charge in [-0.1, -0.05) is 11.6 Å². The summed E-state index contributed by atoms with van der Waals surface area (Å²) in [5.41, 5.74) is 4.11. The van der Waals surface area contributed by atoms with E-state index in [-0.39, 0.29) is 6.01 Å². The van der Waals surface area contributed by atoms with E-state index in [2.05, 4.69) is 9.97 Å². The standard InChI is InChI=1S/C11H7ClF3N3O/c12-6-1-3-7(4-2-6)19-10-17-5-8(9(16)18-10)11(13,14)15/h1-5H,(H2,16,17,18). The van der Waals surface area contributed by atoms with E-state index in [4.69, 9.17) is 22.1 Å². The molecular weight excluding hydrogens is 283 g/mol. The number of nitrogens with zero attached hydrogens (tertiary/aromatic N) is 2. The van der Waals surface area contributed by atoms with Crippen molar-refractivity contribution in [3.05, 3.63) is 41.0 Å². The number of alkyl halides is 3. The molecule has 2 aromatic rings. The van der Waals surface area contributed by atoms with Crippen molar-refractivity contribution in [3.63, 3.8) is 0 Å². The molecule has 0 amide bonds. The van der Waals surface area contributed by atoms with E-state index in [1.807, 2.05) is 0 Å². The second kappa shape index (κ2) is 4.93. The Balaban J connectivity index is 2.23. The zero-order valence-corrected chi connectivity index (χ0v) is 10.0. The Bertz CT molecular complexity index is 587. The monoisotopic (exact) mass is 289 g/mol. The van der Waals surface area contributed by atoms with Crippen LogP contribution < -0.4 is 10.5 Å². The first-order valence-corrected chi connectivity index (χ1v) is 5.37. The summed E-state index contributed by atoms with van der Waals surface area (Å²) in [5, 5.41) is 0.500. The molecule has 100 valence electrons. The van der Waals surface area contributed by atoms with E-state index >= 15 is 0 Å². The average Bonchev–Trinajstić information content (AvgIpc) is 2.30. The van der Waals surface area contributed by atoms with Crippen LogP contribution in [0.5, 0.6) is 11.8 Å². The number of halogens is 4. The van der Waals surface area contributed by atoms with Crippen LogP contribution in [0.15, 0.2) is 30.5 Å². The van der Waals surface area contributed by atoms with Crippen molar-refractivity contribution < 1.29 is 17.9 Å². The zero-order valence-electron chi connectivity index (χ0n) is 9.28. The van der Waals surface area contributed by atoms with Gasteiger partial charge in [0.25, 0.3) is 0 Å². The van der Waals surface area contributed by atoms with E-state index in [1.165, 1.54) is 12.1 Å². The number of benzene rings is 1. The molecular formula is C11H7ClF3N3O. The predicted octanol–water partition coefficient (Wildman–Crippen LogP) is 3.52. The summed E-state index contributed by atoms with van der Waals surface area (Å²) in [4.78, 5) is 6.91. The van der Waals surface area contributed by atoms with Gasteiger partial charge in [0.15, 0.2) is 0 Å². The minimum absolute atomic E-state index is 0.271. The molecule has 0 unspecified atom stereocenters. The molecule has 0 bridgehead atoms. The molecule has 0 aliphatic carbocycles. The smallest absolute Gasteiger partial charge is 0.421 e. The van der Waals surface area contributed by atoms with Gasteiger partial charge in [0.2, 0.25) is 0 Å². The average molecular weight is 290 g/mol. The minimum Gasteiger partial charge on any atom is -0.424 e. The first kappa shape index (κ1) is 13.4. The third-order valence-electron chi connectivity index (χ3n) is 2.12. The number of hydrogen-bond acceptors (Lipinski definition) is 4. The second-order valence-electron chi connectivity index (χ2n) is 3.51. The molecule has 0 aliphatic rings. The highest BCUT2D eigenvalue weighted by atomic mass is 35.5. The SMILES string of the molecule is Nc1nc(Oc2ccc(Cl)cc2)ncc1C(F)(F)F. The van der Waals surface area contributed by atoms with E-state index in [0.717, 1.165) is 0 Å². The van der Waals surface area contributed by atoms with Gasteiger partial charge in [0, 0.05) is 11.2 Å². The summed E-state index contributed by atoms with van der Waals surface area (Å²) in [6.45, 7) is 0. The summed E-state index contributed by atoms with van der Waals surface area (Å²) in [7, 11) is 0. The third-order valence-corrected chi connectivity index (χ3v) is 2.38. The molecule has 0 fully saturated rings. The lowest BCUT2D eigenvalue weighted by atomic mass is 10.3. The number of aromatic nitrogens is 2. The van der Waals surface area contributed by atoms with Gasteiger partial charge in [0.05, 0.1) is 0 Å². The fraction of sp³-hybridized carbons (Fsp3) is 0.0909. The predicted molar refractivity (Wildman–Crippen MR) is 63.0 cm³/mol. The van der Waals surface area contributed by atoms with Crippen molar-refractivity contribution in [3.8, 4) is 11.8 Å². The third kappa shape index (κ3) is 3.25. The highest BCUT2D eigenvalue weighted by Gasteiger charge is 2.34. The van der Waals surface area contributed by atoms with E-state index in [0.29, 0.717) is 17.0 Å². The fourth-order valence-corrected chi connectivity index (χ4v) is 1.38. The number of hydrogen-bond donors (Lipinski definition) is 1. The van der Waals surface area contributed by atoms with Crippen LogP contribution in [0.25, 0.3) is 0 Å². The van der Waals surface area contributed by atoms with Crippen molar-refractivity contribution in [2.45, 2.75) is 6.18 Å². The molecule has 4 nitrogen and oxygen atoms in total. The maximum Gasteiger partial charge on any atom is 0.421 e. The summed E-state index contributed by atoms with van der Waals surface area (Å²) >= 11 is 5.68. The quantitative estimate of drug-likeness (QED) is 0.919. The Labute approximate surface area is 111 Å². The van der Waals surface area contributed by atoms with Crippen LogP contribution in [0.4, 0.5) is 19.0 Å². The van der Waals surface area contributed by atoms with Crippen LogP contribution in [-0.4, -0.2) is 9.97 Å². The summed E-state index contributed by atoms with van der Waals surface area (Å²) in [5.74, 6) is -0.352. The van der Waals surface area contributed by atoms with E-state index in [9.17, 15) is 13.2 Å². The van der Waals surface area contributed by atoms with E-state index < -0.39 is 17.6 Å². The number of anilines is 1. The van der Waals surface area contributed by atoms with Gasteiger partial charge >= 0.3 is 12.2 Å². The molecule has 2 N–H and O–H groups in total. The second-order valence-corrected chi connectivity index (χ2v) is 3.94. The number of nitrogens with two attached hydrogens (primary N) is 1. The van der Waals surface area contributed by atoms with Gasteiger partial charge in [-0.15, -0.1) is 0 Å². The molecule has 0 atom stereocenters. The van der Waals surface area contributed by atoms with Crippen LogP contribution in [0.3, 0.4) is 0 Å². The largest absolute Gasteiger partial charge is 0.424 e. The highest BCUT2D eigenvalue weighted by molar-refractivity contribution is 6.30. The van der Waals surface area contributed by atoms with Crippen LogP contribution >= 0.6 is 11.6 Å². The Kier molecular flexibility index (Phi) is 3.48. The van der Waals surface area contributed by atoms with Crippen LogP contribution in [0.2, 0.25) is 5.02 Å². The first-order valence-electron chi connectivity index (χ1n) is 4.99. The Morgan fingerprint density at radius 2 is 1.79 bits per heavy atom. The Morgan fingerprint density at radius 3 is 2.32 bits per heavy atom. The molecule has 1 heterocycles. The zero-order chi connectivity index (χ0) is 14.0. The van der Waals surface area contributed by atoms with Crippen LogP contribution in [-0.2, 0) is 6.18 Å². The lowest BCUT2D eigenvalue weighted by Gasteiger charge is -2.09. The molecule has 0 aliphatic heterocycles. The molecule has 0 saturated heterocycles. The molecule has 1 aromatic heterocycles. The summed E-state index contributed by atoms with van der Waals surface area (Å²) in [6, 6.07) is 5.90. The minimum atomic E-state index is -4.59. The maximum atomic E-state index is 12.4. The first-order chi connectivity index (χ1) is 8.86. The Morgan fingerprint density at radius 1 is 1.16 bits per heavy atom. The number of rotatable bonds is 2. The molecule has 0 saturated carbocycles. The van der Waals surface area contributed by atoms with E-state index in [1.54, 1.807) is 12.1 Å². The normalized spacial score (nSPS) is 11.4. The maximum absolute atomic E-state index is 12.4. The lowest BCUT2D eigenvalue weighted by Crippen LogP contribution is -2.11. The molecule has 0 radical (unpaired) electrons. The molecule has 8 heteroatoms. The lowest BCUT2D eigenvalue weighted by molar-refractivity contribution is -0.137. The molecule has 0 spiro atoms. The van der Waals surface area contributed by atoms with Crippen molar-refractivity contribution in [1.82, 2.24) is 9.97 Å². The van der Waals surface area contributed by atoms with Gasteiger partial charge in [-0.25, -0.2) is 4.98 Å². The highest BCUT2D eigenvalue weighted by Crippen LogP contribution is 2.33. The van der Waals surface area contributed by atoms with Gasteiger partial charge < -0.3 is 10.5 Å². The molecule has 2 rings (SSSR count). The fourth-order valence-electron chi connectivity index (χ4n) is 1.25. The van der Waals surface area contributed by atoms with Crippen molar-refractivity contribution in [2.75, 3.05) is 5.73 Å². The number of ether oxygens (including phenoxy) is 1. The van der Waals surface area contributed by atoms with Gasteiger partial charge in [-0.2, -0.15) is 18.2 Å². The summed E-state index contributed by atoms with van der Waals surface area (Å²) < 4.78 is 42.5. The van der Waals surface area contributed by atoms with Crippen molar-refractivity contribution in [1.29, 1.82) is 0 Å². The van der Waals surface area contributed by atoms with Gasteiger partial charge in [-0.05, 0) is 24.3 Å².